The third kappa shape index (κ3) is 5.66. The molecule has 1 fully saturated rings. The minimum Gasteiger partial charge on any atom is -0.459 e. The van der Waals surface area contributed by atoms with Crippen molar-refractivity contribution in [2.75, 3.05) is 54.9 Å². The van der Waals surface area contributed by atoms with E-state index in [1.54, 1.807) is 32.0 Å². The molecular weight excluding hydrogens is 532 g/mol. The van der Waals surface area contributed by atoms with Gasteiger partial charge in [-0.15, -0.1) is 0 Å². The van der Waals surface area contributed by atoms with Crippen LogP contribution >= 0.6 is 0 Å². The summed E-state index contributed by atoms with van der Waals surface area (Å²) in [5.41, 5.74) is 6.47. The molecule has 2 N–H and O–H groups in total. The van der Waals surface area contributed by atoms with Gasteiger partial charge in [-0.2, -0.15) is 0 Å². The van der Waals surface area contributed by atoms with Gasteiger partial charge >= 0.3 is 5.97 Å². The standard InChI is InChI=1S/C33H34N4O5/c1-21(2)42-33(40)24-8-10-26-27(19-24)35-32(39)30(26)31(22-6-4-3-5-7-22)34-25-9-11-28-23(18-25)12-13-37(28)29(38)20-36-14-16-41-17-15-36/h3-11,18-19,21,34H,12-17,20H2,1-2H3,(H,35,39)/b31-30-. The number of esters is 1. The van der Waals surface area contributed by atoms with Crippen molar-refractivity contribution in [1.29, 1.82) is 0 Å². The maximum atomic E-state index is 13.4. The first-order valence-electron chi connectivity index (χ1n) is 14.3. The fourth-order valence-corrected chi connectivity index (χ4v) is 5.63. The van der Waals surface area contributed by atoms with E-state index in [9.17, 15) is 14.4 Å². The van der Waals surface area contributed by atoms with Gasteiger partial charge in [-0.25, -0.2) is 4.79 Å². The second kappa shape index (κ2) is 11.8. The monoisotopic (exact) mass is 566 g/mol. The number of hydrogen-bond acceptors (Lipinski definition) is 7. The Labute approximate surface area is 245 Å². The number of hydrogen-bond donors (Lipinski definition) is 2. The van der Waals surface area contributed by atoms with E-state index >= 15 is 0 Å². The Balaban J connectivity index is 1.30. The first-order chi connectivity index (χ1) is 20.4. The molecule has 0 bridgehead atoms. The molecule has 0 spiro atoms. The number of benzene rings is 3. The van der Waals surface area contributed by atoms with Crippen LogP contribution in [0.2, 0.25) is 0 Å². The Morgan fingerprint density at radius 3 is 2.52 bits per heavy atom. The molecular formula is C33H34N4O5. The molecule has 3 aliphatic heterocycles. The molecule has 9 heteroatoms. The summed E-state index contributed by atoms with van der Waals surface area (Å²) in [6, 6.07) is 20.8. The Bertz CT molecular complexity index is 1560. The van der Waals surface area contributed by atoms with Crippen LogP contribution < -0.4 is 15.5 Å². The van der Waals surface area contributed by atoms with Crippen LogP contribution in [0.4, 0.5) is 17.1 Å². The molecule has 3 aliphatic rings. The molecule has 0 saturated carbocycles. The molecule has 0 radical (unpaired) electrons. The fraction of sp³-hybridized carbons (Fsp3) is 0.303. The molecule has 42 heavy (non-hydrogen) atoms. The van der Waals surface area contributed by atoms with Crippen LogP contribution in [0.25, 0.3) is 11.3 Å². The highest BCUT2D eigenvalue weighted by Crippen LogP contribution is 2.39. The Kier molecular flexibility index (Phi) is 7.78. The topological polar surface area (TPSA) is 100 Å². The third-order valence-corrected chi connectivity index (χ3v) is 7.66. The fourth-order valence-electron chi connectivity index (χ4n) is 5.63. The van der Waals surface area contributed by atoms with E-state index in [0.717, 1.165) is 42.0 Å². The second-order valence-corrected chi connectivity index (χ2v) is 10.9. The Morgan fingerprint density at radius 1 is 0.976 bits per heavy atom. The van der Waals surface area contributed by atoms with Crippen molar-refractivity contribution in [3.63, 3.8) is 0 Å². The summed E-state index contributed by atoms with van der Waals surface area (Å²) in [6.45, 7) is 7.49. The quantitative estimate of drug-likeness (QED) is 0.323. The highest BCUT2D eigenvalue weighted by Gasteiger charge is 2.31. The van der Waals surface area contributed by atoms with Gasteiger partial charge in [-0.05, 0) is 61.7 Å². The van der Waals surface area contributed by atoms with E-state index in [1.165, 1.54) is 0 Å². The van der Waals surface area contributed by atoms with Crippen LogP contribution in [0.5, 0.6) is 0 Å². The number of amides is 2. The summed E-state index contributed by atoms with van der Waals surface area (Å²) < 4.78 is 10.7. The van der Waals surface area contributed by atoms with Crippen molar-refractivity contribution in [3.8, 4) is 0 Å². The van der Waals surface area contributed by atoms with Crippen LogP contribution in [-0.2, 0) is 25.5 Å². The summed E-state index contributed by atoms with van der Waals surface area (Å²) in [6.07, 6.45) is 0.516. The number of anilines is 3. The van der Waals surface area contributed by atoms with Gasteiger partial charge in [0.05, 0.1) is 48.4 Å². The summed E-state index contributed by atoms with van der Waals surface area (Å²) in [4.78, 5) is 43.0. The van der Waals surface area contributed by atoms with Crippen LogP contribution in [0.1, 0.15) is 40.9 Å². The van der Waals surface area contributed by atoms with E-state index in [1.807, 2.05) is 47.4 Å². The zero-order chi connectivity index (χ0) is 29.2. The summed E-state index contributed by atoms with van der Waals surface area (Å²) in [5, 5.41) is 6.44. The van der Waals surface area contributed by atoms with Crippen LogP contribution in [0.3, 0.4) is 0 Å². The molecule has 0 atom stereocenters. The SMILES string of the molecule is CC(C)OC(=O)c1ccc2c(c1)NC(=O)/C2=C(\Nc1ccc2c(c1)CCN2C(=O)CN1CCOCC1)c1ccccc1. The lowest BCUT2D eigenvalue weighted by Gasteiger charge is -2.28. The Morgan fingerprint density at radius 2 is 1.76 bits per heavy atom. The average Bonchev–Trinajstić information content (AvgIpc) is 3.56. The van der Waals surface area contributed by atoms with Crippen molar-refractivity contribution < 1.29 is 23.9 Å². The first kappa shape index (κ1) is 27.7. The van der Waals surface area contributed by atoms with E-state index < -0.39 is 5.97 Å². The van der Waals surface area contributed by atoms with Gasteiger partial charge in [0.1, 0.15) is 0 Å². The molecule has 6 rings (SSSR count). The summed E-state index contributed by atoms with van der Waals surface area (Å²) in [5.74, 6) is -0.595. The highest BCUT2D eigenvalue weighted by molar-refractivity contribution is 6.37. The number of rotatable bonds is 7. The van der Waals surface area contributed by atoms with E-state index in [-0.39, 0.29) is 17.9 Å². The summed E-state index contributed by atoms with van der Waals surface area (Å²) in [7, 11) is 0. The van der Waals surface area contributed by atoms with Crippen LogP contribution in [-0.4, -0.2) is 68.2 Å². The molecule has 1 saturated heterocycles. The zero-order valence-corrected chi connectivity index (χ0v) is 23.8. The minimum absolute atomic E-state index is 0.0966. The molecule has 3 heterocycles. The van der Waals surface area contributed by atoms with Crippen molar-refractivity contribution in [2.24, 2.45) is 0 Å². The molecule has 0 aromatic heterocycles. The molecule has 2 amide bonds. The predicted molar refractivity (Wildman–Crippen MR) is 162 cm³/mol. The van der Waals surface area contributed by atoms with Crippen molar-refractivity contribution in [2.45, 2.75) is 26.4 Å². The van der Waals surface area contributed by atoms with Gasteiger partial charge < -0.3 is 25.0 Å². The van der Waals surface area contributed by atoms with Gasteiger partial charge in [0.15, 0.2) is 0 Å². The van der Waals surface area contributed by atoms with Crippen molar-refractivity contribution >= 4 is 46.1 Å². The lowest BCUT2D eigenvalue weighted by atomic mass is 9.99. The van der Waals surface area contributed by atoms with E-state index in [2.05, 4.69) is 21.6 Å². The lowest BCUT2D eigenvalue weighted by molar-refractivity contribution is -0.120. The van der Waals surface area contributed by atoms with Gasteiger partial charge in [-0.3, -0.25) is 14.5 Å². The number of nitrogens with one attached hydrogen (secondary N) is 2. The number of morpholine rings is 1. The molecule has 0 aliphatic carbocycles. The first-order valence-corrected chi connectivity index (χ1v) is 14.3. The smallest absolute Gasteiger partial charge is 0.338 e. The van der Waals surface area contributed by atoms with Crippen molar-refractivity contribution in [1.82, 2.24) is 4.90 Å². The number of carbonyl (C=O) groups excluding carboxylic acids is 3. The summed E-state index contributed by atoms with van der Waals surface area (Å²) >= 11 is 0. The predicted octanol–water partition coefficient (Wildman–Crippen LogP) is 4.41. The van der Waals surface area contributed by atoms with E-state index in [0.29, 0.717) is 54.4 Å². The van der Waals surface area contributed by atoms with Crippen LogP contribution in [0, 0.1) is 0 Å². The molecule has 9 nitrogen and oxygen atoms in total. The second-order valence-electron chi connectivity index (χ2n) is 10.9. The highest BCUT2D eigenvalue weighted by atomic mass is 16.5. The average molecular weight is 567 g/mol. The van der Waals surface area contributed by atoms with Gasteiger partial charge in [0.25, 0.3) is 5.91 Å². The van der Waals surface area contributed by atoms with Crippen LogP contribution in [0.15, 0.2) is 66.7 Å². The molecule has 3 aromatic rings. The lowest BCUT2D eigenvalue weighted by Crippen LogP contribution is -2.44. The van der Waals surface area contributed by atoms with E-state index in [4.69, 9.17) is 9.47 Å². The molecule has 3 aromatic carbocycles. The van der Waals surface area contributed by atoms with Crippen molar-refractivity contribution in [3.05, 3.63) is 89.0 Å². The third-order valence-electron chi connectivity index (χ3n) is 7.66. The number of ether oxygens (including phenoxy) is 2. The number of carbonyl (C=O) groups is 3. The maximum absolute atomic E-state index is 13.4. The number of fused-ring (bicyclic) bond motifs is 2. The molecule has 216 valence electrons. The molecule has 0 unspecified atom stereocenters. The maximum Gasteiger partial charge on any atom is 0.338 e. The Hall–Kier alpha value is -4.47. The largest absolute Gasteiger partial charge is 0.459 e. The van der Waals surface area contributed by atoms with Gasteiger partial charge in [-0.1, -0.05) is 36.4 Å². The zero-order valence-electron chi connectivity index (χ0n) is 23.8. The van der Waals surface area contributed by atoms with Gasteiger partial charge in [0.2, 0.25) is 5.91 Å². The van der Waals surface area contributed by atoms with Gasteiger partial charge in [0, 0.05) is 36.6 Å². The number of nitrogens with zero attached hydrogens (tertiary/aromatic N) is 2. The minimum atomic E-state index is -0.434. The normalized spacial score (nSPS) is 17.5.